The Balaban J connectivity index is 1.57. The van der Waals surface area contributed by atoms with Crippen molar-refractivity contribution in [2.75, 3.05) is 41.3 Å². The molecule has 3 heterocycles. The van der Waals surface area contributed by atoms with Crippen molar-refractivity contribution >= 4 is 23.3 Å². The third kappa shape index (κ3) is 5.44. The summed E-state index contributed by atoms with van der Waals surface area (Å²) in [6.45, 7) is 6.14. The quantitative estimate of drug-likeness (QED) is 0.563. The maximum atomic E-state index is 14.9. The molecule has 4 rings (SSSR count). The Kier molecular flexibility index (Phi) is 6.48. The molecule has 1 N–H and O–H groups in total. The van der Waals surface area contributed by atoms with Crippen molar-refractivity contribution in [1.82, 2.24) is 4.98 Å². The van der Waals surface area contributed by atoms with Crippen LogP contribution in [0.2, 0.25) is 0 Å². The third-order valence-electron chi connectivity index (χ3n) is 6.13. The second-order valence-electron chi connectivity index (χ2n) is 9.69. The fourth-order valence-electron chi connectivity index (χ4n) is 4.61. The van der Waals surface area contributed by atoms with E-state index in [1.54, 1.807) is 9.80 Å². The number of carbonyl (C=O) groups excluding carboxylic acids is 1. The molecule has 0 atom stereocenters. The second kappa shape index (κ2) is 9.07. The average Bonchev–Trinajstić information content (AvgIpc) is 3.35. The van der Waals surface area contributed by atoms with Gasteiger partial charge in [0, 0.05) is 31.9 Å². The van der Waals surface area contributed by atoms with Gasteiger partial charge in [-0.05, 0) is 43.2 Å². The van der Waals surface area contributed by atoms with Crippen molar-refractivity contribution in [3.63, 3.8) is 0 Å². The number of nitrogens with one attached hydrogen (secondary N) is 1. The van der Waals surface area contributed by atoms with E-state index >= 15 is 0 Å². The highest BCUT2D eigenvalue weighted by atomic mass is 19.4. The van der Waals surface area contributed by atoms with E-state index in [4.69, 9.17) is 4.42 Å². The minimum atomic E-state index is -4.63. The van der Waals surface area contributed by atoms with Crippen molar-refractivity contribution in [3.8, 4) is 0 Å². The molecule has 0 unspecified atom stereocenters. The summed E-state index contributed by atoms with van der Waals surface area (Å²) in [5, 5.41) is 2.27. The van der Waals surface area contributed by atoms with Gasteiger partial charge in [0.15, 0.2) is 17.3 Å². The molecule has 34 heavy (non-hydrogen) atoms. The van der Waals surface area contributed by atoms with Crippen molar-refractivity contribution in [3.05, 3.63) is 35.2 Å². The number of nitrogens with zero attached hydrogens (tertiary/aromatic N) is 3. The highest BCUT2D eigenvalue weighted by Gasteiger charge is 2.35. The number of carbonyl (C=O) groups is 1. The molecule has 0 spiro atoms. The van der Waals surface area contributed by atoms with Crippen LogP contribution in [0.1, 0.15) is 55.8 Å². The van der Waals surface area contributed by atoms with Crippen LogP contribution in [0, 0.1) is 17.0 Å². The van der Waals surface area contributed by atoms with Gasteiger partial charge in [-0.15, -0.1) is 0 Å². The Labute approximate surface area is 194 Å². The molecule has 6 nitrogen and oxygen atoms in total. The Hall–Kier alpha value is -2.85. The number of piperidine rings is 1. The summed E-state index contributed by atoms with van der Waals surface area (Å²) < 4.78 is 74.2. The zero-order chi connectivity index (χ0) is 24.7. The molecule has 2 fully saturated rings. The number of hydrogen-bond donors (Lipinski definition) is 1. The molecule has 1 amide bonds. The molecule has 186 valence electrons. The maximum absolute atomic E-state index is 14.9. The maximum Gasteiger partial charge on any atom is 0.396 e. The van der Waals surface area contributed by atoms with E-state index in [1.165, 1.54) is 0 Å². The zero-order valence-corrected chi connectivity index (χ0v) is 19.1. The predicted molar refractivity (Wildman–Crippen MR) is 117 cm³/mol. The lowest BCUT2D eigenvalue weighted by molar-refractivity contribution is -0.130. The van der Waals surface area contributed by atoms with Crippen LogP contribution < -0.4 is 15.1 Å². The number of benzene rings is 1. The van der Waals surface area contributed by atoms with Crippen LogP contribution in [-0.2, 0) is 6.42 Å². The summed E-state index contributed by atoms with van der Waals surface area (Å²) in [6, 6.07) is 1.85. The lowest BCUT2D eigenvalue weighted by atomic mass is 9.84. The first kappa shape index (κ1) is 24.3. The normalized spacial score (nSPS) is 18.4. The number of amides is 1. The van der Waals surface area contributed by atoms with Gasteiger partial charge in [-0.2, -0.15) is 18.2 Å². The number of anilines is 3. The first-order valence-electron chi connectivity index (χ1n) is 11.3. The van der Waals surface area contributed by atoms with Gasteiger partial charge in [-0.25, -0.2) is 8.78 Å². The van der Waals surface area contributed by atoms with Crippen LogP contribution in [0.25, 0.3) is 0 Å². The van der Waals surface area contributed by atoms with Gasteiger partial charge in [0.05, 0.1) is 0 Å². The molecule has 0 radical (unpaired) electrons. The van der Waals surface area contributed by atoms with E-state index in [-0.39, 0.29) is 22.8 Å². The SMILES string of the molecule is CC1(C)CCCN(c2c(F)cc(NC(=O)c3nc(N4CCCC4)oc3CC(F)(F)F)cc2F)C1. The molecule has 1 aromatic heterocycles. The number of alkyl halides is 3. The summed E-state index contributed by atoms with van der Waals surface area (Å²) >= 11 is 0. The number of hydrogen-bond acceptors (Lipinski definition) is 5. The van der Waals surface area contributed by atoms with Crippen molar-refractivity contribution in [2.45, 2.75) is 52.1 Å². The highest BCUT2D eigenvalue weighted by molar-refractivity contribution is 6.04. The minimum Gasteiger partial charge on any atom is -0.427 e. The van der Waals surface area contributed by atoms with Crippen LogP contribution in [0.5, 0.6) is 0 Å². The topological polar surface area (TPSA) is 61.6 Å². The first-order valence-corrected chi connectivity index (χ1v) is 11.3. The van der Waals surface area contributed by atoms with Crippen molar-refractivity contribution < 1.29 is 31.2 Å². The molecular weight excluding hydrogens is 459 g/mol. The standard InChI is InChI=1S/C23H27F5N4O2/c1-22(2)6-5-9-32(13-22)19-15(24)10-14(11-16(19)25)29-20(33)18-17(12-23(26,27)28)34-21(30-18)31-7-3-4-8-31/h10-11H,3-9,12-13H2,1-2H3,(H,29,33). The van der Waals surface area contributed by atoms with E-state index in [1.807, 2.05) is 13.8 Å². The molecule has 2 aromatic rings. The molecule has 0 saturated carbocycles. The largest absolute Gasteiger partial charge is 0.427 e. The molecule has 1 aromatic carbocycles. The fraction of sp³-hybridized carbons (Fsp3) is 0.565. The number of rotatable bonds is 5. The Bertz CT molecular complexity index is 1040. The lowest BCUT2D eigenvalue weighted by Gasteiger charge is -2.39. The van der Waals surface area contributed by atoms with Crippen LogP contribution in [0.3, 0.4) is 0 Å². The Morgan fingerprint density at radius 2 is 1.71 bits per heavy atom. The van der Waals surface area contributed by atoms with Crippen LogP contribution in [-0.4, -0.2) is 43.2 Å². The molecule has 2 aliphatic rings. The molecule has 11 heteroatoms. The third-order valence-corrected chi connectivity index (χ3v) is 6.13. The summed E-state index contributed by atoms with van der Waals surface area (Å²) in [4.78, 5) is 20.0. The summed E-state index contributed by atoms with van der Waals surface area (Å²) in [5.74, 6) is -3.39. The van der Waals surface area contributed by atoms with Gasteiger partial charge >= 0.3 is 6.18 Å². The van der Waals surface area contributed by atoms with Crippen molar-refractivity contribution in [1.29, 1.82) is 0 Å². The lowest BCUT2D eigenvalue weighted by Crippen LogP contribution is -2.41. The monoisotopic (exact) mass is 486 g/mol. The average molecular weight is 486 g/mol. The summed E-state index contributed by atoms with van der Waals surface area (Å²) in [5.41, 5.74) is -1.05. The molecule has 0 aliphatic carbocycles. The first-order chi connectivity index (χ1) is 15.9. The smallest absolute Gasteiger partial charge is 0.396 e. The van der Waals surface area contributed by atoms with Crippen LogP contribution in [0.4, 0.5) is 39.3 Å². The van der Waals surface area contributed by atoms with E-state index in [2.05, 4.69) is 10.3 Å². The number of halogens is 5. The van der Waals surface area contributed by atoms with Crippen LogP contribution >= 0.6 is 0 Å². The van der Waals surface area contributed by atoms with Gasteiger partial charge in [-0.1, -0.05) is 13.8 Å². The van der Waals surface area contributed by atoms with E-state index in [9.17, 15) is 26.7 Å². The molecule has 0 bridgehead atoms. The van der Waals surface area contributed by atoms with Gasteiger partial charge < -0.3 is 19.5 Å². The van der Waals surface area contributed by atoms with Gasteiger partial charge in [0.25, 0.3) is 11.9 Å². The van der Waals surface area contributed by atoms with Gasteiger partial charge in [-0.3, -0.25) is 4.79 Å². The second-order valence-corrected chi connectivity index (χ2v) is 9.69. The van der Waals surface area contributed by atoms with Crippen LogP contribution in [0.15, 0.2) is 16.5 Å². The van der Waals surface area contributed by atoms with Crippen molar-refractivity contribution in [2.24, 2.45) is 5.41 Å². The molecule has 2 aliphatic heterocycles. The van der Waals surface area contributed by atoms with Gasteiger partial charge in [0.1, 0.15) is 17.9 Å². The number of oxazole rings is 1. The van der Waals surface area contributed by atoms with E-state index in [0.29, 0.717) is 26.2 Å². The summed E-state index contributed by atoms with van der Waals surface area (Å²) in [6.07, 6.45) is -2.72. The zero-order valence-electron chi connectivity index (χ0n) is 19.1. The molecular formula is C23H27F5N4O2. The number of aromatic nitrogens is 1. The Morgan fingerprint density at radius 1 is 1.09 bits per heavy atom. The minimum absolute atomic E-state index is 0.0673. The van der Waals surface area contributed by atoms with E-state index < -0.39 is 41.6 Å². The molecule has 2 saturated heterocycles. The Morgan fingerprint density at radius 3 is 2.29 bits per heavy atom. The summed E-state index contributed by atoms with van der Waals surface area (Å²) in [7, 11) is 0. The van der Waals surface area contributed by atoms with Gasteiger partial charge in [0.2, 0.25) is 0 Å². The predicted octanol–water partition coefficient (Wildman–Crippen LogP) is 5.54. The fourth-order valence-corrected chi connectivity index (χ4v) is 4.61. The van der Waals surface area contributed by atoms with E-state index in [0.717, 1.165) is 37.8 Å². The highest BCUT2D eigenvalue weighted by Crippen LogP contribution is 2.35.